The van der Waals surface area contributed by atoms with E-state index in [0.717, 1.165) is 41.3 Å². The summed E-state index contributed by atoms with van der Waals surface area (Å²) in [7, 11) is 0. The van der Waals surface area contributed by atoms with E-state index < -0.39 is 0 Å². The number of hydrogen-bond donors (Lipinski definition) is 0. The van der Waals surface area contributed by atoms with Crippen molar-refractivity contribution in [2.75, 3.05) is 0 Å². The molecule has 0 atom stereocenters. The van der Waals surface area contributed by atoms with E-state index in [0.29, 0.717) is 5.39 Å². The highest BCUT2D eigenvalue weighted by molar-refractivity contribution is 5.85. The fourth-order valence-corrected chi connectivity index (χ4v) is 4.01. The molecule has 0 saturated carbocycles. The summed E-state index contributed by atoms with van der Waals surface area (Å²) in [6.45, 7) is 4.45. The molecule has 0 spiro atoms. The van der Waals surface area contributed by atoms with Gasteiger partial charge in [-0.2, -0.15) is 0 Å². The summed E-state index contributed by atoms with van der Waals surface area (Å²) in [4.78, 5) is 0. The van der Waals surface area contributed by atoms with Crippen LogP contribution in [0, 0.1) is 17.7 Å². The topological polar surface area (TPSA) is 0 Å². The van der Waals surface area contributed by atoms with Gasteiger partial charge >= 0.3 is 0 Å². The zero-order chi connectivity index (χ0) is 21.9. The molecule has 0 aliphatic rings. The van der Waals surface area contributed by atoms with Gasteiger partial charge in [0.15, 0.2) is 0 Å². The van der Waals surface area contributed by atoms with Gasteiger partial charge < -0.3 is 0 Å². The molecule has 0 aliphatic carbocycles. The van der Waals surface area contributed by atoms with Crippen molar-refractivity contribution in [3.63, 3.8) is 0 Å². The van der Waals surface area contributed by atoms with Crippen LogP contribution in [0.3, 0.4) is 0 Å². The first kappa shape index (κ1) is 23.1. The minimum absolute atomic E-state index is 0.0637. The lowest BCUT2D eigenvalue weighted by molar-refractivity contribution is 0.595. The summed E-state index contributed by atoms with van der Waals surface area (Å²) in [6.07, 6.45) is 11.7. The largest absolute Gasteiger partial charge is 0.206 e. The molecule has 0 bridgehead atoms. The maximum atomic E-state index is 14.9. The van der Waals surface area contributed by atoms with Gasteiger partial charge in [0.05, 0.1) is 0 Å². The van der Waals surface area contributed by atoms with Crippen LogP contribution in [0.1, 0.15) is 87.5 Å². The Bertz CT molecular complexity index is 1020. The third-order valence-corrected chi connectivity index (χ3v) is 5.96. The molecular weight excluding hydrogens is 379 g/mol. The molecule has 3 aromatic rings. The summed E-state index contributed by atoms with van der Waals surface area (Å²) < 4.78 is 14.9. The second kappa shape index (κ2) is 12.3. The lowest BCUT2D eigenvalue weighted by atomic mass is 9.99. The quantitative estimate of drug-likeness (QED) is 0.230. The normalized spacial score (nSPS) is 10.8. The minimum atomic E-state index is -0.0637. The van der Waals surface area contributed by atoms with Gasteiger partial charge in [-0.15, -0.1) is 0 Å². The van der Waals surface area contributed by atoms with Crippen LogP contribution in [-0.2, 0) is 12.8 Å². The van der Waals surface area contributed by atoms with Gasteiger partial charge in [-0.3, -0.25) is 0 Å². The van der Waals surface area contributed by atoms with E-state index in [-0.39, 0.29) is 5.82 Å². The highest BCUT2D eigenvalue weighted by atomic mass is 19.1. The zero-order valence-corrected chi connectivity index (χ0v) is 19.1. The van der Waals surface area contributed by atoms with Gasteiger partial charge in [-0.1, -0.05) is 94.5 Å². The lowest BCUT2D eigenvalue weighted by Gasteiger charge is -2.07. The number of fused-ring (bicyclic) bond motifs is 1. The molecule has 0 saturated heterocycles. The molecule has 1 heteroatoms. The van der Waals surface area contributed by atoms with Crippen molar-refractivity contribution < 1.29 is 4.39 Å². The van der Waals surface area contributed by atoms with Gasteiger partial charge in [0.2, 0.25) is 0 Å². The molecule has 0 amide bonds. The molecule has 0 nitrogen and oxygen atoms in total. The maximum absolute atomic E-state index is 14.9. The molecule has 0 fully saturated rings. The Morgan fingerprint density at radius 1 is 0.645 bits per heavy atom. The number of aryl methyl sites for hydroxylation is 2. The molecular formula is C30H35F. The van der Waals surface area contributed by atoms with E-state index in [9.17, 15) is 4.39 Å². The predicted octanol–water partition coefficient (Wildman–Crippen LogP) is 8.62. The maximum Gasteiger partial charge on any atom is 0.134 e. The third-order valence-electron chi connectivity index (χ3n) is 5.96. The Hall–Kier alpha value is -2.59. The van der Waals surface area contributed by atoms with Crippen LogP contribution in [0.4, 0.5) is 4.39 Å². The summed E-state index contributed by atoms with van der Waals surface area (Å²) in [6, 6.07) is 18.4. The first-order chi connectivity index (χ1) is 15.2. The average molecular weight is 415 g/mol. The van der Waals surface area contributed by atoms with Crippen LogP contribution in [-0.4, -0.2) is 0 Å². The van der Waals surface area contributed by atoms with E-state index in [1.54, 1.807) is 0 Å². The SMILES string of the molecule is CCCCCCCc1ccc2cc(C#Cc3ccc(CCCCC)cc3)ccc2c1F. The second-order valence-electron chi connectivity index (χ2n) is 8.54. The Kier molecular flexibility index (Phi) is 9.16. The van der Waals surface area contributed by atoms with Crippen molar-refractivity contribution in [1.82, 2.24) is 0 Å². The Labute approximate surface area is 187 Å². The monoisotopic (exact) mass is 414 g/mol. The average Bonchev–Trinajstić information content (AvgIpc) is 2.80. The van der Waals surface area contributed by atoms with E-state index in [1.165, 1.54) is 50.5 Å². The van der Waals surface area contributed by atoms with Gasteiger partial charge in [-0.25, -0.2) is 4.39 Å². The first-order valence-electron chi connectivity index (χ1n) is 12.0. The predicted molar refractivity (Wildman–Crippen MR) is 132 cm³/mol. The fourth-order valence-electron chi connectivity index (χ4n) is 4.01. The summed E-state index contributed by atoms with van der Waals surface area (Å²) in [5, 5.41) is 1.62. The highest BCUT2D eigenvalue weighted by Gasteiger charge is 2.07. The Morgan fingerprint density at radius 3 is 2.06 bits per heavy atom. The summed E-state index contributed by atoms with van der Waals surface area (Å²) in [5.74, 6) is 6.42. The van der Waals surface area contributed by atoms with Crippen molar-refractivity contribution in [3.8, 4) is 11.8 Å². The summed E-state index contributed by atoms with van der Waals surface area (Å²) >= 11 is 0. The molecule has 31 heavy (non-hydrogen) atoms. The van der Waals surface area contributed by atoms with E-state index in [4.69, 9.17) is 0 Å². The first-order valence-corrected chi connectivity index (χ1v) is 12.0. The van der Waals surface area contributed by atoms with Gasteiger partial charge in [-0.05, 0) is 66.5 Å². The number of rotatable bonds is 10. The van der Waals surface area contributed by atoms with Crippen molar-refractivity contribution >= 4 is 10.8 Å². The molecule has 3 rings (SSSR count). The van der Waals surface area contributed by atoms with Crippen LogP contribution >= 0.6 is 0 Å². The number of unbranched alkanes of at least 4 members (excludes halogenated alkanes) is 6. The molecule has 0 unspecified atom stereocenters. The third kappa shape index (κ3) is 6.96. The van der Waals surface area contributed by atoms with Crippen LogP contribution in [0.15, 0.2) is 54.6 Å². The zero-order valence-electron chi connectivity index (χ0n) is 19.1. The van der Waals surface area contributed by atoms with Crippen LogP contribution in [0.25, 0.3) is 10.8 Å². The number of halogens is 1. The smallest absolute Gasteiger partial charge is 0.134 e. The lowest BCUT2D eigenvalue weighted by Crippen LogP contribution is -1.93. The molecule has 0 heterocycles. The number of benzene rings is 3. The van der Waals surface area contributed by atoms with Crippen molar-refractivity contribution in [2.45, 2.75) is 78.1 Å². The van der Waals surface area contributed by atoms with Crippen molar-refractivity contribution in [2.24, 2.45) is 0 Å². The van der Waals surface area contributed by atoms with Crippen LogP contribution < -0.4 is 0 Å². The highest BCUT2D eigenvalue weighted by Crippen LogP contribution is 2.24. The van der Waals surface area contributed by atoms with Crippen LogP contribution in [0.5, 0.6) is 0 Å². The Balaban J connectivity index is 1.66. The van der Waals surface area contributed by atoms with Crippen LogP contribution in [0.2, 0.25) is 0 Å². The number of hydrogen-bond acceptors (Lipinski definition) is 0. The molecule has 3 aromatic carbocycles. The van der Waals surface area contributed by atoms with E-state index in [2.05, 4.69) is 50.0 Å². The second-order valence-corrected chi connectivity index (χ2v) is 8.54. The molecule has 0 aliphatic heterocycles. The molecule has 0 N–H and O–H groups in total. The van der Waals surface area contributed by atoms with E-state index >= 15 is 0 Å². The van der Waals surface area contributed by atoms with Crippen molar-refractivity contribution in [3.05, 3.63) is 82.7 Å². The Morgan fingerprint density at radius 2 is 1.29 bits per heavy atom. The summed E-state index contributed by atoms with van der Waals surface area (Å²) in [5.41, 5.74) is 4.15. The molecule has 162 valence electrons. The minimum Gasteiger partial charge on any atom is -0.206 e. The van der Waals surface area contributed by atoms with Gasteiger partial charge in [0.1, 0.15) is 5.82 Å². The van der Waals surface area contributed by atoms with Gasteiger partial charge in [0.25, 0.3) is 0 Å². The molecule has 0 radical (unpaired) electrons. The fraction of sp³-hybridized carbons (Fsp3) is 0.400. The van der Waals surface area contributed by atoms with Gasteiger partial charge in [0, 0.05) is 16.5 Å². The standard InChI is InChI=1S/C30H35F/c1-3-5-7-8-10-12-27-20-21-28-23-26(19-22-29(28)30(27)31)18-17-25-15-13-24(14-16-25)11-9-6-4-2/h13-16,19-23H,3-12H2,1-2H3. The van der Waals surface area contributed by atoms with Crippen molar-refractivity contribution in [1.29, 1.82) is 0 Å². The van der Waals surface area contributed by atoms with E-state index in [1.807, 2.05) is 30.3 Å². The molecule has 0 aromatic heterocycles.